The molecule has 1 heterocycles. The number of rotatable bonds is 5. The van der Waals surface area contributed by atoms with Crippen LogP contribution in [-0.2, 0) is 6.54 Å². The summed E-state index contributed by atoms with van der Waals surface area (Å²) in [6.45, 7) is 0.560. The molecule has 0 spiro atoms. The molecule has 0 bridgehead atoms. The Balaban J connectivity index is 1.73. The average molecular weight is 309 g/mol. The normalized spacial score (nSPS) is 10.6. The summed E-state index contributed by atoms with van der Waals surface area (Å²) in [5, 5.41) is 26.5. The summed E-state index contributed by atoms with van der Waals surface area (Å²) in [4.78, 5) is 0. The van der Waals surface area contributed by atoms with Crippen LogP contribution in [0.25, 0.3) is 11.3 Å². The fourth-order valence-corrected chi connectivity index (χ4v) is 2.25. The molecule has 0 amide bonds. The van der Waals surface area contributed by atoms with Crippen LogP contribution >= 0.6 is 0 Å². The second-order valence-corrected chi connectivity index (χ2v) is 5.15. The van der Waals surface area contributed by atoms with Crippen molar-refractivity contribution in [3.8, 4) is 17.0 Å². The molecule has 0 aliphatic rings. The van der Waals surface area contributed by atoms with Gasteiger partial charge in [-0.25, -0.2) is 4.68 Å². The highest BCUT2D eigenvalue weighted by Gasteiger charge is 2.10. The van der Waals surface area contributed by atoms with E-state index in [1.54, 1.807) is 23.9 Å². The zero-order valence-electron chi connectivity index (χ0n) is 12.6. The van der Waals surface area contributed by atoms with E-state index in [1.807, 2.05) is 42.6 Å². The first-order chi connectivity index (χ1) is 11.2. The Hall–Kier alpha value is -2.64. The van der Waals surface area contributed by atoms with E-state index >= 15 is 0 Å². The van der Waals surface area contributed by atoms with Gasteiger partial charge in [-0.15, -0.1) is 5.10 Å². The van der Waals surface area contributed by atoms with Crippen LogP contribution in [0.15, 0.2) is 54.7 Å². The van der Waals surface area contributed by atoms with Gasteiger partial charge in [0.1, 0.15) is 11.4 Å². The number of ether oxygens (including phenoxy) is 1. The summed E-state index contributed by atoms with van der Waals surface area (Å²) in [7, 11) is 0.184. The molecule has 0 fully saturated rings. The van der Waals surface area contributed by atoms with Crippen molar-refractivity contribution in [1.29, 1.82) is 0 Å². The Morgan fingerprint density at radius 2 is 1.74 bits per heavy atom. The van der Waals surface area contributed by atoms with Gasteiger partial charge in [0.2, 0.25) is 0 Å². The summed E-state index contributed by atoms with van der Waals surface area (Å²) >= 11 is 0. The Labute approximate surface area is 134 Å². The van der Waals surface area contributed by atoms with E-state index in [-0.39, 0.29) is 0 Å². The van der Waals surface area contributed by atoms with Crippen LogP contribution in [0.5, 0.6) is 5.75 Å². The summed E-state index contributed by atoms with van der Waals surface area (Å²) in [6, 6.07) is 14.7. The highest BCUT2D eigenvalue weighted by Crippen LogP contribution is 2.20. The number of methoxy groups -OCH3 is 1. The van der Waals surface area contributed by atoms with Crippen LogP contribution in [0.3, 0.4) is 0 Å². The molecule has 23 heavy (non-hydrogen) atoms. The molecular formula is C16H16BN3O3. The maximum Gasteiger partial charge on any atom is 0.488 e. The summed E-state index contributed by atoms with van der Waals surface area (Å²) < 4.78 is 6.88. The van der Waals surface area contributed by atoms with E-state index in [0.29, 0.717) is 12.0 Å². The van der Waals surface area contributed by atoms with Gasteiger partial charge in [-0.2, -0.15) is 0 Å². The molecule has 2 aromatic carbocycles. The number of aromatic nitrogens is 3. The van der Waals surface area contributed by atoms with Gasteiger partial charge in [-0.1, -0.05) is 29.5 Å². The van der Waals surface area contributed by atoms with Crippen LogP contribution in [0, 0.1) is 0 Å². The minimum Gasteiger partial charge on any atom is -0.497 e. The van der Waals surface area contributed by atoms with Crippen molar-refractivity contribution in [2.24, 2.45) is 0 Å². The van der Waals surface area contributed by atoms with E-state index in [0.717, 1.165) is 22.6 Å². The third-order valence-corrected chi connectivity index (χ3v) is 3.55. The smallest absolute Gasteiger partial charge is 0.488 e. The minimum atomic E-state index is -1.45. The Morgan fingerprint density at radius 1 is 1.04 bits per heavy atom. The lowest BCUT2D eigenvalue weighted by Crippen LogP contribution is -2.29. The first-order valence-corrected chi connectivity index (χ1v) is 7.15. The van der Waals surface area contributed by atoms with Crippen molar-refractivity contribution in [2.45, 2.75) is 6.54 Å². The van der Waals surface area contributed by atoms with Crippen molar-refractivity contribution in [3.63, 3.8) is 0 Å². The Kier molecular flexibility index (Phi) is 4.41. The first kappa shape index (κ1) is 15.3. The second kappa shape index (κ2) is 6.64. The van der Waals surface area contributed by atoms with E-state index < -0.39 is 7.12 Å². The molecule has 0 unspecified atom stereocenters. The maximum atomic E-state index is 9.09. The van der Waals surface area contributed by atoms with Crippen LogP contribution in [0.1, 0.15) is 5.56 Å². The molecule has 7 heteroatoms. The highest BCUT2D eigenvalue weighted by molar-refractivity contribution is 6.58. The lowest BCUT2D eigenvalue weighted by Gasteiger charge is -2.03. The summed E-state index contributed by atoms with van der Waals surface area (Å²) in [6.07, 6.45) is 1.87. The van der Waals surface area contributed by atoms with Gasteiger partial charge in [0.05, 0.1) is 19.9 Å². The molecule has 0 saturated heterocycles. The first-order valence-electron chi connectivity index (χ1n) is 7.15. The average Bonchev–Trinajstić information content (AvgIpc) is 3.04. The summed E-state index contributed by atoms with van der Waals surface area (Å²) in [5.74, 6) is 0.798. The third kappa shape index (κ3) is 3.58. The number of benzene rings is 2. The zero-order chi connectivity index (χ0) is 16.2. The quantitative estimate of drug-likeness (QED) is 0.678. The van der Waals surface area contributed by atoms with E-state index in [4.69, 9.17) is 14.8 Å². The fraction of sp³-hybridized carbons (Fsp3) is 0.125. The third-order valence-electron chi connectivity index (χ3n) is 3.55. The lowest BCUT2D eigenvalue weighted by molar-refractivity contribution is 0.415. The van der Waals surface area contributed by atoms with Gasteiger partial charge in [0.15, 0.2) is 0 Å². The molecule has 1 aromatic heterocycles. The number of hydrogen-bond acceptors (Lipinski definition) is 5. The van der Waals surface area contributed by atoms with Crippen LogP contribution < -0.4 is 10.2 Å². The predicted octanol–water partition coefficient (Wildman–Crippen LogP) is 0.682. The molecule has 0 radical (unpaired) electrons. The van der Waals surface area contributed by atoms with Gasteiger partial charge < -0.3 is 14.8 Å². The van der Waals surface area contributed by atoms with Gasteiger partial charge in [-0.3, -0.25) is 0 Å². The zero-order valence-corrected chi connectivity index (χ0v) is 12.6. The second-order valence-electron chi connectivity index (χ2n) is 5.15. The lowest BCUT2D eigenvalue weighted by atomic mass is 9.80. The van der Waals surface area contributed by atoms with Crippen molar-refractivity contribution in [3.05, 3.63) is 60.3 Å². The molecular weight excluding hydrogens is 293 g/mol. The Bertz CT molecular complexity index is 770. The Morgan fingerprint density at radius 3 is 2.35 bits per heavy atom. The molecule has 0 saturated carbocycles. The maximum absolute atomic E-state index is 9.09. The fourth-order valence-electron chi connectivity index (χ4n) is 2.25. The standard InChI is InChI=1S/C16H16BN3O3/c1-23-15-8-4-13(5-9-15)16-11-20(19-18-16)10-12-2-6-14(7-3-12)17(21)22/h2-9,11,21-22H,10H2,1H3. The molecule has 3 aromatic rings. The number of nitrogens with zero attached hydrogens (tertiary/aromatic N) is 3. The summed E-state index contributed by atoms with van der Waals surface area (Å²) in [5.41, 5.74) is 3.22. The molecule has 0 aliphatic heterocycles. The molecule has 0 aliphatic carbocycles. The van der Waals surface area contributed by atoms with Crippen molar-refractivity contribution < 1.29 is 14.8 Å². The molecule has 6 nitrogen and oxygen atoms in total. The largest absolute Gasteiger partial charge is 0.497 e. The van der Waals surface area contributed by atoms with Crippen molar-refractivity contribution in [2.75, 3.05) is 7.11 Å². The van der Waals surface area contributed by atoms with Gasteiger partial charge in [0.25, 0.3) is 0 Å². The van der Waals surface area contributed by atoms with Crippen LogP contribution in [0.4, 0.5) is 0 Å². The van der Waals surface area contributed by atoms with Gasteiger partial charge in [0, 0.05) is 5.56 Å². The molecule has 0 atom stereocenters. The van der Waals surface area contributed by atoms with E-state index in [1.165, 1.54) is 0 Å². The van der Waals surface area contributed by atoms with Gasteiger partial charge >= 0.3 is 7.12 Å². The molecule has 2 N–H and O–H groups in total. The molecule has 3 rings (SSSR count). The number of hydrogen-bond donors (Lipinski definition) is 2. The molecule has 116 valence electrons. The van der Waals surface area contributed by atoms with E-state index in [9.17, 15) is 0 Å². The van der Waals surface area contributed by atoms with E-state index in [2.05, 4.69) is 10.3 Å². The highest BCUT2D eigenvalue weighted by atomic mass is 16.5. The van der Waals surface area contributed by atoms with Crippen molar-refractivity contribution in [1.82, 2.24) is 15.0 Å². The monoisotopic (exact) mass is 309 g/mol. The van der Waals surface area contributed by atoms with Crippen molar-refractivity contribution >= 4 is 12.6 Å². The minimum absolute atomic E-state index is 0.464. The SMILES string of the molecule is COc1ccc(-c2cn(Cc3ccc(B(O)O)cc3)nn2)cc1. The van der Waals surface area contributed by atoms with Gasteiger partial charge in [-0.05, 0) is 35.3 Å². The van der Waals surface area contributed by atoms with Crippen LogP contribution in [0.2, 0.25) is 0 Å². The topological polar surface area (TPSA) is 80.4 Å². The predicted molar refractivity (Wildman–Crippen MR) is 87.4 cm³/mol. The van der Waals surface area contributed by atoms with Crippen LogP contribution in [-0.4, -0.2) is 39.3 Å².